The Morgan fingerprint density at radius 2 is 1.41 bits per heavy atom. The average Bonchev–Trinajstić information content (AvgIpc) is 2.49. The van der Waals surface area contributed by atoms with Crippen molar-refractivity contribution in [3.8, 4) is 5.75 Å². The van der Waals surface area contributed by atoms with Gasteiger partial charge >= 0.3 is 0 Å². The van der Waals surface area contributed by atoms with Crippen molar-refractivity contribution in [3.63, 3.8) is 0 Å². The van der Waals surface area contributed by atoms with Crippen LogP contribution in [0.4, 0.5) is 0 Å². The SMILES string of the molecule is CC(C)(CCO)Oc1ccccc1.CC(C)c1ccccc1. The highest BCUT2D eigenvalue weighted by molar-refractivity contribution is 5.21. The predicted molar refractivity (Wildman–Crippen MR) is 93.4 cm³/mol. The van der Waals surface area contributed by atoms with Gasteiger partial charge in [-0.1, -0.05) is 62.4 Å². The van der Waals surface area contributed by atoms with Crippen LogP contribution >= 0.6 is 0 Å². The van der Waals surface area contributed by atoms with Gasteiger partial charge in [-0.15, -0.1) is 0 Å². The summed E-state index contributed by atoms with van der Waals surface area (Å²) in [4.78, 5) is 0. The molecule has 22 heavy (non-hydrogen) atoms. The van der Waals surface area contributed by atoms with Crippen LogP contribution < -0.4 is 4.74 Å². The Labute approximate surface area is 134 Å². The number of hydrogen-bond acceptors (Lipinski definition) is 2. The van der Waals surface area contributed by atoms with Gasteiger partial charge in [0.25, 0.3) is 0 Å². The molecule has 0 saturated carbocycles. The molecule has 0 radical (unpaired) electrons. The fourth-order valence-electron chi connectivity index (χ4n) is 1.97. The monoisotopic (exact) mass is 300 g/mol. The molecule has 0 amide bonds. The van der Waals surface area contributed by atoms with Gasteiger partial charge in [0.1, 0.15) is 11.4 Å². The highest BCUT2D eigenvalue weighted by Gasteiger charge is 2.18. The quantitative estimate of drug-likeness (QED) is 0.838. The molecule has 0 aliphatic carbocycles. The first kappa shape index (κ1) is 18.2. The summed E-state index contributed by atoms with van der Waals surface area (Å²) in [6, 6.07) is 20.2. The maximum Gasteiger partial charge on any atom is 0.120 e. The second-order valence-corrected chi connectivity index (χ2v) is 6.21. The number of rotatable bonds is 5. The van der Waals surface area contributed by atoms with E-state index in [9.17, 15) is 0 Å². The predicted octanol–water partition coefficient (Wildman–Crippen LogP) is 5.04. The molecule has 0 heterocycles. The van der Waals surface area contributed by atoms with Crippen LogP contribution in [0.25, 0.3) is 0 Å². The van der Waals surface area contributed by atoms with Gasteiger partial charge in [0.15, 0.2) is 0 Å². The van der Waals surface area contributed by atoms with Crippen molar-refractivity contribution in [2.75, 3.05) is 6.61 Å². The van der Waals surface area contributed by atoms with Crippen LogP contribution in [-0.2, 0) is 0 Å². The standard InChI is InChI=1S/C11H16O2.C9H12/c1-11(2,8-9-12)13-10-6-4-3-5-7-10;1-8(2)9-6-4-3-5-7-9/h3-7,12H,8-9H2,1-2H3;3-8H,1-2H3. The van der Waals surface area contributed by atoms with Crippen molar-refractivity contribution in [3.05, 3.63) is 66.2 Å². The normalized spacial score (nSPS) is 10.8. The summed E-state index contributed by atoms with van der Waals surface area (Å²) in [7, 11) is 0. The van der Waals surface area contributed by atoms with Gasteiger partial charge in [0.2, 0.25) is 0 Å². The highest BCUT2D eigenvalue weighted by atomic mass is 16.5. The van der Waals surface area contributed by atoms with Crippen molar-refractivity contribution in [2.24, 2.45) is 0 Å². The molecule has 2 aromatic carbocycles. The van der Waals surface area contributed by atoms with Crippen molar-refractivity contribution in [2.45, 2.75) is 45.6 Å². The zero-order chi connectivity index (χ0) is 16.4. The highest BCUT2D eigenvalue weighted by Crippen LogP contribution is 2.19. The van der Waals surface area contributed by atoms with E-state index in [1.54, 1.807) is 0 Å². The molecule has 0 unspecified atom stereocenters. The van der Waals surface area contributed by atoms with Gasteiger partial charge in [-0.25, -0.2) is 0 Å². The van der Waals surface area contributed by atoms with Crippen molar-refractivity contribution >= 4 is 0 Å². The molecule has 0 aliphatic heterocycles. The van der Waals surface area contributed by atoms with Gasteiger partial charge in [-0.3, -0.25) is 0 Å². The summed E-state index contributed by atoms with van der Waals surface area (Å²) < 4.78 is 5.68. The van der Waals surface area contributed by atoms with E-state index in [4.69, 9.17) is 9.84 Å². The molecule has 120 valence electrons. The van der Waals surface area contributed by atoms with Crippen LogP contribution in [0.2, 0.25) is 0 Å². The van der Waals surface area contributed by atoms with E-state index in [0.717, 1.165) is 5.75 Å². The molecule has 1 N–H and O–H groups in total. The number of benzene rings is 2. The molecule has 0 atom stereocenters. The zero-order valence-electron chi connectivity index (χ0n) is 14.1. The van der Waals surface area contributed by atoms with Crippen LogP contribution in [0.5, 0.6) is 5.75 Å². The van der Waals surface area contributed by atoms with Gasteiger partial charge in [-0.2, -0.15) is 0 Å². The molecule has 2 rings (SSSR count). The van der Waals surface area contributed by atoms with E-state index >= 15 is 0 Å². The number of ether oxygens (including phenoxy) is 1. The second-order valence-electron chi connectivity index (χ2n) is 6.21. The third kappa shape index (κ3) is 7.28. The molecule has 0 aliphatic rings. The van der Waals surface area contributed by atoms with Crippen LogP contribution in [0.1, 0.15) is 45.6 Å². The number of aliphatic hydroxyl groups is 1. The van der Waals surface area contributed by atoms with E-state index in [1.807, 2.05) is 50.2 Å². The van der Waals surface area contributed by atoms with E-state index in [2.05, 4.69) is 38.1 Å². The molecule has 0 saturated heterocycles. The first-order chi connectivity index (χ1) is 10.4. The minimum atomic E-state index is -0.296. The lowest BCUT2D eigenvalue weighted by molar-refractivity contribution is 0.0765. The first-order valence-corrected chi connectivity index (χ1v) is 7.84. The van der Waals surface area contributed by atoms with Crippen molar-refractivity contribution in [1.29, 1.82) is 0 Å². The maximum atomic E-state index is 8.80. The lowest BCUT2D eigenvalue weighted by Gasteiger charge is -2.25. The van der Waals surface area contributed by atoms with E-state index < -0.39 is 0 Å². The summed E-state index contributed by atoms with van der Waals surface area (Å²) in [6.07, 6.45) is 0.641. The molecule has 0 fully saturated rings. The number of hydrogen-bond donors (Lipinski definition) is 1. The Kier molecular flexibility index (Phi) is 7.69. The molecular formula is C20H28O2. The smallest absolute Gasteiger partial charge is 0.120 e. The van der Waals surface area contributed by atoms with Crippen LogP contribution in [-0.4, -0.2) is 17.3 Å². The Hall–Kier alpha value is -1.80. The molecule has 2 nitrogen and oxygen atoms in total. The summed E-state index contributed by atoms with van der Waals surface area (Å²) in [6.45, 7) is 8.50. The Morgan fingerprint density at radius 1 is 0.909 bits per heavy atom. The number of para-hydroxylation sites is 1. The Bertz CT molecular complexity index is 504. The minimum absolute atomic E-state index is 0.153. The molecule has 2 aromatic rings. The molecule has 0 bridgehead atoms. The maximum absolute atomic E-state index is 8.80. The van der Waals surface area contributed by atoms with E-state index in [-0.39, 0.29) is 12.2 Å². The largest absolute Gasteiger partial charge is 0.488 e. The zero-order valence-corrected chi connectivity index (χ0v) is 14.1. The van der Waals surface area contributed by atoms with Gasteiger partial charge < -0.3 is 9.84 Å². The molecule has 0 spiro atoms. The molecule has 2 heteroatoms. The summed E-state index contributed by atoms with van der Waals surface area (Å²) in [5, 5.41) is 8.80. The third-order valence-electron chi connectivity index (χ3n) is 3.32. The minimum Gasteiger partial charge on any atom is -0.488 e. The third-order valence-corrected chi connectivity index (χ3v) is 3.32. The molecule has 0 aromatic heterocycles. The average molecular weight is 300 g/mol. The fraction of sp³-hybridized carbons (Fsp3) is 0.400. The Balaban J connectivity index is 0.000000235. The molecular weight excluding hydrogens is 272 g/mol. The lowest BCUT2D eigenvalue weighted by Crippen LogP contribution is -2.29. The second kappa shape index (κ2) is 9.26. The van der Waals surface area contributed by atoms with Crippen molar-refractivity contribution < 1.29 is 9.84 Å². The summed E-state index contributed by atoms with van der Waals surface area (Å²) in [5.74, 6) is 1.51. The summed E-state index contributed by atoms with van der Waals surface area (Å²) in [5.41, 5.74) is 1.12. The van der Waals surface area contributed by atoms with Crippen LogP contribution in [0.3, 0.4) is 0 Å². The van der Waals surface area contributed by atoms with Crippen LogP contribution in [0.15, 0.2) is 60.7 Å². The summed E-state index contributed by atoms with van der Waals surface area (Å²) >= 11 is 0. The topological polar surface area (TPSA) is 29.5 Å². The van der Waals surface area contributed by atoms with Gasteiger partial charge in [-0.05, 0) is 37.5 Å². The van der Waals surface area contributed by atoms with Gasteiger partial charge in [0, 0.05) is 13.0 Å². The fourth-order valence-corrected chi connectivity index (χ4v) is 1.97. The first-order valence-electron chi connectivity index (χ1n) is 7.84. The van der Waals surface area contributed by atoms with Crippen LogP contribution in [0, 0.1) is 0 Å². The lowest BCUT2D eigenvalue weighted by atomic mass is 10.0. The van der Waals surface area contributed by atoms with E-state index in [0.29, 0.717) is 12.3 Å². The van der Waals surface area contributed by atoms with Crippen molar-refractivity contribution in [1.82, 2.24) is 0 Å². The van der Waals surface area contributed by atoms with E-state index in [1.165, 1.54) is 5.56 Å². The van der Waals surface area contributed by atoms with Gasteiger partial charge in [0.05, 0.1) is 0 Å². The number of aliphatic hydroxyl groups excluding tert-OH is 1. The Morgan fingerprint density at radius 3 is 1.82 bits per heavy atom.